The Morgan fingerprint density at radius 1 is 0.744 bits per heavy atom. The summed E-state index contributed by atoms with van der Waals surface area (Å²) < 4.78 is 26.8. The second-order valence-corrected chi connectivity index (χ2v) is 9.98. The highest BCUT2D eigenvalue weighted by Crippen LogP contribution is 2.31. The van der Waals surface area contributed by atoms with Crippen LogP contribution in [0.3, 0.4) is 0 Å². The van der Waals surface area contributed by atoms with Gasteiger partial charge in [-0.2, -0.15) is 0 Å². The molecule has 0 aromatic heterocycles. The van der Waals surface area contributed by atoms with Crippen molar-refractivity contribution in [1.29, 1.82) is 0 Å². The lowest BCUT2D eigenvalue weighted by molar-refractivity contribution is -0.155. The van der Waals surface area contributed by atoms with Crippen LogP contribution >= 0.6 is 0 Å². The van der Waals surface area contributed by atoms with Crippen molar-refractivity contribution in [3.05, 3.63) is 23.8 Å². The predicted molar refractivity (Wildman–Crippen MR) is 145 cm³/mol. The molecular weight excluding hydrogens is 506 g/mol. The average molecular weight is 552 g/mol. The minimum absolute atomic E-state index is 0.0604. The van der Waals surface area contributed by atoms with Crippen LogP contribution in [-0.4, -0.2) is 48.4 Å². The fraction of sp³-hybridized carbons (Fsp3) is 0.655. The van der Waals surface area contributed by atoms with Crippen molar-refractivity contribution >= 4 is 24.1 Å². The van der Waals surface area contributed by atoms with E-state index in [-0.39, 0.29) is 35.9 Å². The Bertz CT molecular complexity index is 964. The van der Waals surface area contributed by atoms with Crippen LogP contribution in [0.15, 0.2) is 18.2 Å². The van der Waals surface area contributed by atoms with Gasteiger partial charge in [0.2, 0.25) is 0 Å². The van der Waals surface area contributed by atoms with Gasteiger partial charge in [0.25, 0.3) is 0 Å². The molecule has 3 unspecified atom stereocenters. The summed E-state index contributed by atoms with van der Waals surface area (Å²) in [6.45, 7) is 14.1. The van der Waals surface area contributed by atoms with Crippen LogP contribution in [0.4, 0.5) is 4.79 Å². The van der Waals surface area contributed by atoms with E-state index in [1.807, 2.05) is 20.8 Å². The number of esters is 3. The zero-order valence-electron chi connectivity index (χ0n) is 24.5. The third-order valence-corrected chi connectivity index (χ3v) is 6.45. The van der Waals surface area contributed by atoms with Crippen molar-refractivity contribution in [3.8, 4) is 11.5 Å². The lowest BCUT2D eigenvalue weighted by Crippen LogP contribution is -2.39. The molecule has 0 aliphatic rings. The van der Waals surface area contributed by atoms with Crippen LogP contribution in [0.2, 0.25) is 0 Å². The Hall–Kier alpha value is -3.14. The van der Waals surface area contributed by atoms with Gasteiger partial charge in [-0.1, -0.05) is 47.1 Å². The van der Waals surface area contributed by atoms with E-state index in [0.717, 1.165) is 6.42 Å². The fourth-order valence-electron chi connectivity index (χ4n) is 3.20. The van der Waals surface area contributed by atoms with E-state index in [4.69, 9.17) is 29.4 Å². The maximum Gasteiger partial charge on any atom is 0.508 e. The van der Waals surface area contributed by atoms with Crippen LogP contribution in [0.25, 0.3) is 0 Å². The van der Waals surface area contributed by atoms with E-state index in [1.54, 1.807) is 40.7 Å². The van der Waals surface area contributed by atoms with E-state index in [0.29, 0.717) is 24.8 Å². The van der Waals surface area contributed by atoms with Gasteiger partial charge in [0.1, 0.15) is 24.4 Å². The lowest BCUT2D eigenvalue weighted by atomic mass is 10.1. The van der Waals surface area contributed by atoms with Gasteiger partial charge in [0, 0.05) is 0 Å². The summed E-state index contributed by atoms with van der Waals surface area (Å²) in [5, 5.41) is 0. The van der Waals surface area contributed by atoms with E-state index >= 15 is 0 Å². The van der Waals surface area contributed by atoms with Crippen molar-refractivity contribution in [2.24, 2.45) is 17.6 Å². The van der Waals surface area contributed by atoms with Crippen molar-refractivity contribution in [3.63, 3.8) is 0 Å². The number of carbonyl (C=O) groups excluding carboxylic acids is 4. The monoisotopic (exact) mass is 551 g/mol. The molecule has 1 aromatic carbocycles. The number of hydrogen-bond donors (Lipinski definition) is 1. The topological polar surface area (TPSA) is 140 Å². The first-order valence-corrected chi connectivity index (χ1v) is 13.7. The summed E-state index contributed by atoms with van der Waals surface area (Å²) in [6.07, 6.45) is 0.173. The molecule has 0 fully saturated rings. The van der Waals surface area contributed by atoms with Crippen molar-refractivity contribution < 1.29 is 42.9 Å². The first-order valence-electron chi connectivity index (χ1n) is 13.7. The standard InChI is InChI=1S/C29H45NO9/c1-9-12-19(6)35-29(34)37-21(8)20(7)36-28(33)23(30)15-22-13-14-24(38-26(31)17(4)10-2)25(16-22)39-27(32)18(5)11-3/h13-14,16-21,23H,9-12,15,30H2,1-8H3/t17?,18?,19?,20-,21-,23-/m0/s1. The molecule has 220 valence electrons. The number of ether oxygens (including phenoxy) is 5. The molecule has 0 saturated carbocycles. The lowest BCUT2D eigenvalue weighted by Gasteiger charge is -2.23. The van der Waals surface area contributed by atoms with Crippen LogP contribution in [-0.2, 0) is 35.0 Å². The van der Waals surface area contributed by atoms with Gasteiger partial charge in [0.15, 0.2) is 11.5 Å². The molecule has 0 radical (unpaired) electrons. The molecule has 0 heterocycles. The maximum absolute atomic E-state index is 12.6. The molecule has 0 aliphatic carbocycles. The molecule has 39 heavy (non-hydrogen) atoms. The number of hydrogen-bond acceptors (Lipinski definition) is 10. The number of rotatable bonds is 15. The maximum atomic E-state index is 12.6. The Morgan fingerprint density at radius 2 is 1.28 bits per heavy atom. The van der Waals surface area contributed by atoms with E-state index in [2.05, 4.69) is 0 Å². The third-order valence-electron chi connectivity index (χ3n) is 6.45. The highest BCUT2D eigenvalue weighted by Gasteiger charge is 2.26. The fourth-order valence-corrected chi connectivity index (χ4v) is 3.20. The zero-order chi connectivity index (χ0) is 29.7. The molecule has 2 N–H and O–H groups in total. The minimum atomic E-state index is -1.05. The summed E-state index contributed by atoms with van der Waals surface area (Å²) >= 11 is 0. The Balaban J connectivity index is 2.90. The molecular formula is C29H45NO9. The summed E-state index contributed by atoms with van der Waals surface area (Å²) in [5.74, 6) is -2.12. The van der Waals surface area contributed by atoms with Crippen molar-refractivity contribution in [2.75, 3.05) is 0 Å². The molecule has 0 amide bonds. The van der Waals surface area contributed by atoms with Gasteiger partial charge in [-0.25, -0.2) is 4.79 Å². The third kappa shape index (κ3) is 11.6. The molecule has 6 atom stereocenters. The first-order chi connectivity index (χ1) is 18.3. The van der Waals surface area contributed by atoms with Gasteiger partial charge in [-0.05, 0) is 64.2 Å². The second kappa shape index (κ2) is 16.7. The number of carbonyl (C=O) groups is 4. The Kier molecular flexibility index (Phi) is 14.5. The van der Waals surface area contributed by atoms with Crippen LogP contribution < -0.4 is 15.2 Å². The van der Waals surface area contributed by atoms with Gasteiger partial charge in [0.05, 0.1) is 11.8 Å². The highest BCUT2D eigenvalue weighted by atomic mass is 16.7. The van der Waals surface area contributed by atoms with Gasteiger partial charge in [-0.3, -0.25) is 14.4 Å². The first kappa shape index (κ1) is 33.9. The highest BCUT2D eigenvalue weighted by molar-refractivity contribution is 5.79. The van der Waals surface area contributed by atoms with Crippen LogP contribution in [0.5, 0.6) is 11.5 Å². The van der Waals surface area contributed by atoms with E-state index in [9.17, 15) is 19.2 Å². The van der Waals surface area contributed by atoms with Gasteiger partial charge >= 0.3 is 24.1 Å². The second-order valence-electron chi connectivity index (χ2n) is 9.98. The molecule has 1 rings (SSSR count). The van der Waals surface area contributed by atoms with Gasteiger partial charge in [-0.15, -0.1) is 0 Å². The predicted octanol–water partition coefficient (Wildman–Crippen LogP) is 5.12. The van der Waals surface area contributed by atoms with E-state index < -0.39 is 42.3 Å². The van der Waals surface area contributed by atoms with Crippen molar-refractivity contribution in [2.45, 2.75) is 112 Å². The zero-order valence-corrected chi connectivity index (χ0v) is 24.5. The van der Waals surface area contributed by atoms with Crippen molar-refractivity contribution in [1.82, 2.24) is 0 Å². The quantitative estimate of drug-likeness (QED) is 0.231. The summed E-state index contributed by atoms with van der Waals surface area (Å²) in [4.78, 5) is 49.4. The normalized spacial score (nSPS) is 15.6. The van der Waals surface area contributed by atoms with E-state index in [1.165, 1.54) is 12.1 Å². The average Bonchev–Trinajstić information content (AvgIpc) is 2.88. The molecule has 10 nitrogen and oxygen atoms in total. The number of benzene rings is 1. The Morgan fingerprint density at radius 3 is 1.82 bits per heavy atom. The molecule has 0 saturated heterocycles. The minimum Gasteiger partial charge on any atom is -0.458 e. The summed E-state index contributed by atoms with van der Waals surface area (Å²) in [7, 11) is 0. The smallest absolute Gasteiger partial charge is 0.458 e. The summed E-state index contributed by atoms with van der Waals surface area (Å²) in [5.41, 5.74) is 6.67. The number of nitrogens with two attached hydrogens (primary N) is 1. The molecule has 0 spiro atoms. The molecule has 0 aliphatic heterocycles. The Labute approximate surface area is 231 Å². The summed E-state index contributed by atoms with van der Waals surface area (Å²) in [6, 6.07) is 3.62. The largest absolute Gasteiger partial charge is 0.508 e. The molecule has 0 bridgehead atoms. The SMILES string of the molecule is CCCC(C)OC(=O)O[C@@H](C)[C@H](C)OC(=O)[C@@H](N)Cc1ccc(OC(=O)C(C)CC)c(OC(=O)C(C)CC)c1. The molecule has 1 aromatic rings. The molecule has 10 heteroatoms. The van der Waals surface area contributed by atoms with Crippen LogP contribution in [0, 0.1) is 11.8 Å². The van der Waals surface area contributed by atoms with Crippen LogP contribution in [0.1, 0.15) is 86.6 Å². The van der Waals surface area contributed by atoms with Gasteiger partial charge < -0.3 is 29.4 Å².